The maximum absolute atomic E-state index is 13.9. The molecule has 1 unspecified atom stereocenters. The number of rotatable bonds is 6. The number of carbonyl (C=O) groups is 2. The lowest BCUT2D eigenvalue weighted by Gasteiger charge is -2.17. The Balaban J connectivity index is 2.11. The fourth-order valence-corrected chi connectivity index (χ4v) is 2.30. The van der Waals surface area contributed by atoms with Crippen LogP contribution < -0.4 is 10.6 Å². The molecule has 0 fully saturated rings. The molecule has 3 N–H and O–H groups in total. The third kappa shape index (κ3) is 4.89. The van der Waals surface area contributed by atoms with Gasteiger partial charge in [-0.2, -0.15) is 0 Å². The number of hydrogen-bond acceptors (Lipinski definition) is 3. The van der Waals surface area contributed by atoms with E-state index in [0.717, 1.165) is 11.6 Å². The van der Waals surface area contributed by atoms with Crippen LogP contribution in [-0.2, 0) is 11.2 Å². The molecule has 5 nitrogen and oxygen atoms in total. The number of anilines is 1. The molecule has 2 aromatic carbocycles. The topological polar surface area (TPSA) is 78.4 Å². The van der Waals surface area contributed by atoms with Gasteiger partial charge in [-0.15, -0.1) is 0 Å². The number of halogens is 1. The summed E-state index contributed by atoms with van der Waals surface area (Å²) in [6.45, 7) is 1.05. The summed E-state index contributed by atoms with van der Waals surface area (Å²) >= 11 is 0. The van der Waals surface area contributed by atoms with Gasteiger partial charge >= 0.3 is 0 Å². The van der Waals surface area contributed by atoms with Gasteiger partial charge in [0.1, 0.15) is 5.82 Å². The van der Waals surface area contributed by atoms with Crippen molar-refractivity contribution in [3.05, 3.63) is 65.5 Å². The van der Waals surface area contributed by atoms with Crippen molar-refractivity contribution in [2.75, 3.05) is 11.9 Å². The molecule has 2 aromatic rings. The second kappa shape index (κ2) is 8.21. The van der Waals surface area contributed by atoms with Crippen LogP contribution in [0.2, 0.25) is 0 Å². The van der Waals surface area contributed by atoms with Crippen molar-refractivity contribution >= 4 is 17.5 Å². The minimum atomic E-state index is -0.696. The smallest absolute Gasteiger partial charge is 0.254 e. The molecule has 0 radical (unpaired) electrons. The van der Waals surface area contributed by atoms with Crippen molar-refractivity contribution in [1.29, 1.82) is 0 Å². The molecule has 0 saturated heterocycles. The number of aliphatic hydroxyl groups is 1. The molecular formula is C18H19FN2O3. The maximum Gasteiger partial charge on any atom is 0.254 e. The summed E-state index contributed by atoms with van der Waals surface area (Å²) < 4.78 is 13.9. The number of amides is 2. The SMILES string of the molecule is CC(=O)Nc1ccc(F)c(C(=O)NC(CO)Cc2ccccc2)c1. The number of carbonyl (C=O) groups excluding carboxylic acids is 2. The highest BCUT2D eigenvalue weighted by Gasteiger charge is 2.17. The Morgan fingerprint density at radius 1 is 1.17 bits per heavy atom. The Hall–Kier alpha value is -2.73. The molecule has 0 aliphatic rings. The predicted molar refractivity (Wildman–Crippen MR) is 89.2 cm³/mol. The summed E-state index contributed by atoms with van der Waals surface area (Å²) in [5, 5.41) is 14.6. The van der Waals surface area contributed by atoms with E-state index in [1.807, 2.05) is 30.3 Å². The third-order valence-corrected chi connectivity index (χ3v) is 3.41. The standard InChI is InChI=1S/C18H19FN2O3/c1-12(23)20-14-7-8-17(19)16(10-14)18(24)21-15(11-22)9-13-5-3-2-4-6-13/h2-8,10,15,22H,9,11H2,1H3,(H,20,23)(H,21,24). The lowest BCUT2D eigenvalue weighted by atomic mass is 10.1. The molecule has 6 heteroatoms. The first kappa shape index (κ1) is 17.6. The van der Waals surface area contributed by atoms with Gasteiger partial charge in [-0.3, -0.25) is 9.59 Å². The van der Waals surface area contributed by atoms with Crippen LogP contribution in [0.1, 0.15) is 22.8 Å². The summed E-state index contributed by atoms with van der Waals surface area (Å²) in [6, 6.07) is 12.6. The Morgan fingerprint density at radius 2 is 1.88 bits per heavy atom. The molecule has 0 spiro atoms. The molecule has 2 amide bonds. The van der Waals surface area contributed by atoms with Crippen molar-refractivity contribution in [3.8, 4) is 0 Å². The van der Waals surface area contributed by atoms with Gasteiger partial charge in [-0.1, -0.05) is 30.3 Å². The highest BCUT2D eigenvalue weighted by Crippen LogP contribution is 2.15. The minimum Gasteiger partial charge on any atom is -0.394 e. The lowest BCUT2D eigenvalue weighted by molar-refractivity contribution is -0.114. The van der Waals surface area contributed by atoms with Crippen LogP contribution in [0.25, 0.3) is 0 Å². The predicted octanol–water partition coefficient (Wildman–Crippen LogP) is 2.12. The number of aliphatic hydroxyl groups excluding tert-OH is 1. The number of hydrogen-bond donors (Lipinski definition) is 3. The molecule has 0 aromatic heterocycles. The Morgan fingerprint density at radius 3 is 2.50 bits per heavy atom. The van der Waals surface area contributed by atoms with Crippen LogP contribution in [0.3, 0.4) is 0 Å². The Labute approximate surface area is 139 Å². The molecule has 0 saturated carbocycles. The van der Waals surface area contributed by atoms with Gasteiger partial charge in [0, 0.05) is 12.6 Å². The van der Waals surface area contributed by atoms with Gasteiger partial charge in [-0.25, -0.2) is 4.39 Å². The second-order valence-corrected chi connectivity index (χ2v) is 5.42. The zero-order chi connectivity index (χ0) is 17.5. The summed E-state index contributed by atoms with van der Waals surface area (Å²) in [4.78, 5) is 23.4. The third-order valence-electron chi connectivity index (χ3n) is 3.41. The second-order valence-electron chi connectivity index (χ2n) is 5.42. The fraction of sp³-hybridized carbons (Fsp3) is 0.222. The van der Waals surface area contributed by atoms with Gasteiger partial charge in [0.25, 0.3) is 5.91 Å². The fourth-order valence-electron chi connectivity index (χ4n) is 2.30. The van der Waals surface area contributed by atoms with E-state index in [0.29, 0.717) is 12.1 Å². The van der Waals surface area contributed by atoms with E-state index in [2.05, 4.69) is 10.6 Å². The molecule has 1 atom stereocenters. The molecule has 24 heavy (non-hydrogen) atoms. The summed E-state index contributed by atoms with van der Waals surface area (Å²) in [5.74, 6) is -1.65. The van der Waals surface area contributed by atoms with Crippen molar-refractivity contribution in [2.45, 2.75) is 19.4 Å². The van der Waals surface area contributed by atoms with Crippen LogP contribution in [0, 0.1) is 5.82 Å². The van der Waals surface area contributed by atoms with Crippen LogP contribution in [0.15, 0.2) is 48.5 Å². The van der Waals surface area contributed by atoms with E-state index < -0.39 is 17.8 Å². The van der Waals surface area contributed by atoms with Gasteiger partial charge in [-0.05, 0) is 30.2 Å². The summed E-state index contributed by atoms with van der Waals surface area (Å²) in [7, 11) is 0. The van der Waals surface area contributed by atoms with E-state index in [1.165, 1.54) is 19.1 Å². The van der Waals surface area contributed by atoms with Gasteiger partial charge < -0.3 is 15.7 Å². The zero-order valence-corrected chi connectivity index (χ0v) is 13.3. The lowest BCUT2D eigenvalue weighted by Crippen LogP contribution is -2.39. The van der Waals surface area contributed by atoms with Crippen LogP contribution in [0.4, 0.5) is 10.1 Å². The average Bonchev–Trinajstić information content (AvgIpc) is 2.56. The Kier molecular flexibility index (Phi) is 6.03. The normalized spacial score (nSPS) is 11.6. The molecule has 0 aliphatic heterocycles. The maximum atomic E-state index is 13.9. The first-order chi connectivity index (χ1) is 11.5. The molecule has 126 valence electrons. The van der Waals surface area contributed by atoms with Crippen LogP contribution in [0.5, 0.6) is 0 Å². The van der Waals surface area contributed by atoms with Crippen molar-refractivity contribution in [2.24, 2.45) is 0 Å². The van der Waals surface area contributed by atoms with Crippen LogP contribution in [-0.4, -0.2) is 29.6 Å². The largest absolute Gasteiger partial charge is 0.394 e. The first-order valence-corrected chi connectivity index (χ1v) is 7.52. The number of nitrogens with one attached hydrogen (secondary N) is 2. The molecule has 0 heterocycles. The van der Waals surface area contributed by atoms with Crippen molar-refractivity contribution < 1.29 is 19.1 Å². The minimum absolute atomic E-state index is 0.187. The quantitative estimate of drug-likeness (QED) is 0.759. The van der Waals surface area contributed by atoms with Gasteiger partial charge in [0.15, 0.2) is 0 Å². The van der Waals surface area contributed by atoms with E-state index in [1.54, 1.807) is 0 Å². The van der Waals surface area contributed by atoms with Gasteiger partial charge in [0.2, 0.25) is 5.91 Å². The first-order valence-electron chi connectivity index (χ1n) is 7.52. The number of benzene rings is 2. The summed E-state index contributed by atoms with van der Waals surface area (Å²) in [6.07, 6.45) is 0.427. The average molecular weight is 330 g/mol. The summed E-state index contributed by atoms with van der Waals surface area (Å²) in [5.41, 5.74) is 1.09. The van der Waals surface area contributed by atoms with E-state index in [-0.39, 0.29) is 18.1 Å². The molecule has 0 bridgehead atoms. The zero-order valence-electron chi connectivity index (χ0n) is 13.3. The highest BCUT2D eigenvalue weighted by atomic mass is 19.1. The monoisotopic (exact) mass is 330 g/mol. The van der Waals surface area contributed by atoms with Gasteiger partial charge in [0.05, 0.1) is 18.2 Å². The Bertz CT molecular complexity index is 719. The van der Waals surface area contributed by atoms with E-state index in [4.69, 9.17) is 0 Å². The molecule has 2 rings (SSSR count). The van der Waals surface area contributed by atoms with Crippen molar-refractivity contribution in [1.82, 2.24) is 5.32 Å². The molecular weight excluding hydrogens is 311 g/mol. The highest BCUT2D eigenvalue weighted by molar-refractivity contribution is 5.97. The van der Waals surface area contributed by atoms with E-state index >= 15 is 0 Å². The van der Waals surface area contributed by atoms with Crippen LogP contribution >= 0.6 is 0 Å². The van der Waals surface area contributed by atoms with Crippen molar-refractivity contribution in [3.63, 3.8) is 0 Å². The van der Waals surface area contributed by atoms with E-state index in [9.17, 15) is 19.1 Å². The molecule has 0 aliphatic carbocycles.